The molecule has 0 aliphatic heterocycles. The van der Waals surface area contributed by atoms with E-state index in [2.05, 4.69) is 22.5 Å². The lowest BCUT2D eigenvalue weighted by Crippen LogP contribution is -2.39. The Morgan fingerprint density at radius 2 is 1.56 bits per heavy atom. The maximum absolute atomic E-state index is 12.6. The molecule has 32 heavy (non-hydrogen) atoms. The molecule has 0 aromatic carbocycles. The molecule has 0 aliphatic carbocycles. The van der Waals surface area contributed by atoms with E-state index >= 15 is 0 Å². The smallest absolute Gasteiger partial charge is 0.257 e. The van der Waals surface area contributed by atoms with E-state index < -0.39 is 0 Å². The second-order valence-electron chi connectivity index (χ2n) is 6.18. The van der Waals surface area contributed by atoms with Gasteiger partial charge in [0.25, 0.3) is 11.8 Å². The van der Waals surface area contributed by atoms with E-state index in [-0.39, 0.29) is 23.5 Å². The van der Waals surface area contributed by atoms with E-state index in [1.807, 2.05) is 33.8 Å². The molecule has 0 aliphatic rings. The summed E-state index contributed by atoms with van der Waals surface area (Å²) >= 11 is 5.27. The summed E-state index contributed by atoms with van der Waals surface area (Å²) in [5.74, 6) is -0.635. The van der Waals surface area contributed by atoms with Crippen molar-refractivity contribution in [3.05, 3.63) is 72.0 Å². The number of ether oxygens (including phenoxy) is 2. The topological polar surface area (TPSA) is 88.7 Å². The summed E-state index contributed by atoms with van der Waals surface area (Å²) < 4.78 is 10.6. The standard InChI is InChI=1S/C24H35N3O4S/c1-6-11-19(5)22(28)25-16-14-21(12-7-2)26-24(32)27-23(29)20(15-18-31-9-4)13-10-17-30-8-3/h6-7,10-15H,5,8-9,16-18H2,1-4H3,(H,25,28)(H2,26,27,29,32)/b11-6-,12-7-,13-10-,20-15+,21-14+. The van der Waals surface area contributed by atoms with Crippen molar-refractivity contribution in [2.45, 2.75) is 27.7 Å². The number of hydrogen-bond donors (Lipinski definition) is 3. The highest BCUT2D eigenvalue weighted by Crippen LogP contribution is 2.00. The average Bonchev–Trinajstić information content (AvgIpc) is 2.75. The predicted octanol–water partition coefficient (Wildman–Crippen LogP) is 3.24. The van der Waals surface area contributed by atoms with Crippen LogP contribution < -0.4 is 16.0 Å². The van der Waals surface area contributed by atoms with Crippen LogP contribution in [0.15, 0.2) is 72.0 Å². The molecular weight excluding hydrogens is 426 g/mol. The van der Waals surface area contributed by atoms with E-state index in [4.69, 9.17) is 21.7 Å². The first-order chi connectivity index (χ1) is 15.4. The van der Waals surface area contributed by atoms with Crippen molar-refractivity contribution in [2.75, 3.05) is 33.0 Å². The Labute approximate surface area is 197 Å². The van der Waals surface area contributed by atoms with Gasteiger partial charge in [0, 0.05) is 36.6 Å². The Hall–Kier alpha value is -2.81. The third kappa shape index (κ3) is 14.2. The molecule has 0 heterocycles. The molecule has 176 valence electrons. The van der Waals surface area contributed by atoms with Gasteiger partial charge in [-0.15, -0.1) is 0 Å². The van der Waals surface area contributed by atoms with E-state index in [1.54, 1.807) is 42.5 Å². The predicted molar refractivity (Wildman–Crippen MR) is 134 cm³/mol. The molecule has 3 N–H and O–H groups in total. The molecule has 0 saturated heterocycles. The van der Waals surface area contributed by atoms with Gasteiger partial charge < -0.3 is 20.1 Å². The number of allylic oxidation sites excluding steroid dienone is 3. The summed E-state index contributed by atoms with van der Waals surface area (Å²) in [7, 11) is 0. The quantitative estimate of drug-likeness (QED) is 0.159. The van der Waals surface area contributed by atoms with Crippen molar-refractivity contribution in [2.24, 2.45) is 0 Å². The number of carbonyl (C=O) groups is 2. The molecule has 0 radical (unpaired) electrons. The van der Waals surface area contributed by atoms with Crippen LogP contribution >= 0.6 is 12.2 Å². The van der Waals surface area contributed by atoms with Gasteiger partial charge >= 0.3 is 0 Å². The molecule has 0 aromatic rings. The van der Waals surface area contributed by atoms with Crippen molar-refractivity contribution in [3.8, 4) is 0 Å². The van der Waals surface area contributed by atoms with Crippen molar-refractivity contribution >= 4 is 29.1 Å². The minimum Gasteiger partial charge on any atom is -0.378 e. The number of hydrogen-bond acceptors (Lipinski definition) is 5. The highest BCUT2D eigenvalue weighted by molar-refractivity contribution is 7.80. The van der Waals surface area contributed by atoms with Gasteiger partial charge in [0.15, 0.2) is 5.11 Å². The van der Waals surface area contributed by atoms with Gasteiger partial charge in [-0.1, -0.05) is 37.0 Å². The Bertz CT molecular complexity index is 780. The maximum Gasteiger partial charge on any atom is 0.257 e. The first kappa shape index (κ1) is 29.2. The number of carbonyl (C=O) groups excluding carboxylic acids is 2. The van der Waals surface area contributed by atoms with E-state index in [0.717, 1.165) is 0 Å². The minimum absolute atomic E-state index is 0.129. The highest BCUT2D eigenvalue weighted by Gasteiger charge is 2.09. The third-order valence-corrected chi connectivity index (χ3v) is 3.88. The lowest BCUT2D eigenvalue weighted by molar-refractivity contribution is -0.117. The van der Waals surface area contributed by atoms with Crippen LogP contribution in [0.1, 0.15) is 27.7 Å². The molecule has 0 unspecified atom stereocenters. The highest BCUT2D eigenvalue weighted by atomic mass is 32.1. The van der Waals surface area contributed by atoms with Crippen LogP contribution in [-0.2, 0) is 19.1 Å². The first-order valence-electron chi connectivity index (χ1n) is 10.5. The SMILES string of the molecule is C=C(/C=C\C)C(=O)NC/C=C(\C=C/C)NC(=S)NC(=O)C(/C=C\COCC)=C/COCC. The van der Waals surface area contributed by atoms with E-state index in [0.29, 0.717) is 43.3 Å². The first-order valence-corrected chi connectivity index (χ1v) is 10.9. The molecule has 0 aromatic heterocycles. The van der Waals surface area contributed by atoms with Gasteiger partial charge in [0.2, 0.25) is 0 Å². The molecule has 8 heteroatoms. The van der Waals surface area contributed by atoms with Gasteiger partial charge in [0.1, 0.15) is 0 Å². The van der Waals surface area contributed by atoms with Crippen molar-refractivity contribution in [1.29, 1.82) is 0 Å². The summed E-state index contributed by atoms with van der Waals surface area (Å²) in [6.45, 7) is 13.2. The Morgan fingerprint density at radius 3 is 2.19 bits per heavy atom. The van der Waals surface area contributed by atoms with Crippen LogP contribution in [0.5, 0.6) is 0 Å². The second kappa shape index (κ2) is 18.9. The normalized spacial score (nSPS) is 12.5. The fourth-order valence-electron chi connectivity index (χ4n) is 2.19. The molecular formula is C24H35N3O4S. The fourth-order valence-corrected chi connectivity index (χ4v) is 2.40. The zero-order valence-corrected chi connectivity index (χ0v) is 20.2. The van der Waals surface area contributed by atoms with Crippen molar-refractivity contribution in [3.63, 3.8) is 0 Å². The molecule has 7 nitrogen and oxygen atoms in total. The number of thiocarbonyl (C=S) groups is 1. The van der Waals surface area contributed by atoms with E-state index in [9.17, 15) is 9.59 Å². The summed E-state index contributed by atoms with van der Waals surface area (Å²) in [5, 5.41) is 8.47. The number of amides is 2. The Kier molecular flexibility index (Phi) is 17.3. The lowest BCUT2D eigenvalue weighted by Gasteiger charge is -2.12. The molecule has 0 fully saturated rings. The summed E-state index contributed by atoms with van der Waals surface area (Å²) in [4.78, 5) is 24.5. The van der Waals surface area contributed by atoms with E-state index in [1.165, 1.54) is 0 Å². The summed E-state index contributed by atoms with van der Waals surface area (Å²) in [5.41, 5.74) is 1.41. The third-order valence-electron chi connectivity index (χ3n) is 3.68. The number of rotatable bonds is 14. The molecule has 0 bridgehead atoms. The second-order valence-corrected chi connectivity index (χ2v) is 6.59. The zero-order valence-electron chi connectivity index (χ0n) is 19.4. The largest absolute Gasteiger partial charge is 0.378 e. The van der Waals surface area contributed by atoms with Crippen molar-refractivity contribution in [1.82, 2.24) is 16.0 Å². The average molecular weight is 462 g/mol. The van der Waals surface area contributed by atoms with Gasteiger partial charge in [-0.3, -0.25) is 14.9 Å². The van der Waals surface area contributed by atoms with Crippen LogP contribution in [0.4, 0.5) is 0 Å². The van der Waals surface area contributed by atoms with Crippen LogP contribution in [0.3, 0.4) is 0 Å². The molecule has 0 atom stereocenters. The fraction of sp³-hybridized carbons (Fsp3) is 0.375. The Morgan fingerprint density at radius 1 is 0.906 bits per heavy atom. The summed E-state index contributed by atoms with van der Waals surface area (Å²) in [6, 6.07) is 0. The molecule has 0 rings (SSSR count). The Balaban J connectivity index is 5.03. The molecule has 2 amide bonds. The van der Waals surface area contributed by atoms with Gasteiger partial charge in [-0.25, -0.2) is 0 Å². The van der Waals surface area contributed by atoms with Gasteiger partial charge in [0.05, 0.1) is 13.2 Å². The van der Waals surface area contributed by atoms with Crippen LogP contribution in [0, 0.1) is 0 Å². The zero-order chi connectivity index (χ0) is 24.2. The van der Waals surface area contributed by atoms with Crippen LogP contribution in [-0.4, -0.2) is 49.9 Å². The summed E-state index contributed by atoms with van der Waals surface area (Å²) in [6.07, 6.45) is 13.8. The monoisotopic (exact) mass is 461 g/mol. The van der Waals surface area contributed by atoms with Crippen LogP contribution in [0.25, 0.3) is 0 Å². The number of nitrogens with one attached hydrogen (secondary N) is 3. The van der Waals surface area contributed by atoms with Crippen molar-refractivity contribution < 1.29 is 19.1 Å². The maximum atomic E-state index is 12.6. The minimum atomic E-state index is -0.370. The molecule has 0 spiro atoms. The van der Waals surface area contributed by atoms with Gasteiger partial charge in [-0.05, 0) is 58.1 Å². The molecule has 0 saturated carbocycles. The van der Waals surface area contributed by atoms with Crippen LogP contribution in [0.2, 0.25) is 0 Å². The lowest BCUT2D eigenvalue weighted by atomic mass is 10.2. The van der Waals surface area contributed by atoms with Gasteiger partial charge in [-0.2, -0.15) is 0 Å².